The zero-order chi connectivity index (χ0) is 15.8. The highest BCUT2D eigenvalue weighted by atomic mass is 35.5. The minimum absolute atomic E-state index is 0.0687. The van der Waals surface area contributed by atoms with Gasteiger partial charge in [-0.15, -0.1) is 0 Å². The number of benzene rings is 2. The molecule has 0 aliphatic carbocycles. The molecule has 0 saturated carbocycles. The van der Waals surface area contributed by atoms with Gasteiger partial charge in [0.15, 0.2) is 0 Å². The molecular weight excluding hydrogens is 339 g/mol. The average molecular weight is 351 g/mol. The fourth-order valence-electron chi connectivity index (χ4n) is 2.12. The first-order valence-corrected chi connectivity index (χ1v) is 7.22. The number of rotatable bonds is 3. The molecule has 0 aromatic heterocycles. The largest absolute Gasteiger partial charge is 0.321 e. The fourth-order valence-corrected chi connectivity index (χ4v) is 2.95. The molecule has 0 bridgehead atoms. The van der Waals surface area contributed by atoms with E-state index in [9.17, 15) is 8.78 Å². The van der Waals surface area contributed by atoms with Crippen molar-refractivity contribution in [3.05, 3.63) is 68.2 Å². The molecule has 6 heteroatoms. The Morgan fingerprint density at radius 1 is 1.00 bits per heavy atom. The van der Waals surface area contributed by atoms with Crippen molar-refractivity contribution in [1.82, 2.24) is 0 Å². The topological polar surface area (TPSA) is 26.0 Å². The predicted octanol–water partition coefficient (Wildman–Crippen LogP) is 5.34. The lowest BCUT2D eigenvalue weighted by molar-refractivity contribution is 0.472. The molecule has 0 fully saturated rings. The first-order chi connectivity index (χ1) is 9.72. The van der Waals surface area contributed by atoms with Crippen LogP contribution in [-0.2, 0) is 12.0 Å². The SMILES string of the molecule is CC(N)(Cc1c(F)cccc1Cl)c1cc(F)c(Cl)cc1Cl. The summed E-state index contributed by atoms with van der Waals surface area (Å²) in [5.41, 5.74) is 5.70. The second-order valence-electron chi connectivity index (χ2n) is 5.04. The van der Waals surface area contributed by atoms with Crippen molar-refractivity contribution in [2.45, 2.75) is 18.9 Å². The van der Waals surface area contributed by atoms with Gasteiger partial charge in [0.1, 0.15) is 11.6 Å². The minimum Gasteiger partial charge on any atom is -0.321 e. The van der Waals surface area contributed by atoms with Crippen LogP contribution in [0.2, 0.25) is 15.1 Å². The van der Waals surface area contributed by atoms with E-state index in [0.717, 1.165) is 0 Å². The summed E-state index contributed by atoms with van der Waals surface area (Å²) < 4.78 is 27.5. The molecule has 2 aromatic rings. The number of halogens is 5. The first-order valence-electron chi connectivity index (χ1n) is 6.09. The Labute approximate surface area is 136 Å². The highest BCUT2D eigenvalue weighted by Crippen LogP contribution is 2.34. The van der Waals surface area contributed by atoms with Gasteiger partial charge in [0.05, 0.1) is 5.02 Å². The molecule has 0 saturated heterocycles. The van der Waals surface area contributed by atoms with Crippen LogP contribution >= 0.6 is 34.8 Å². The van der Waals surface area contributed by atoms with Crippen LogP contribution in [0.4, 0.5) is 8.78 Å². The molecule has 0 aliphatic heterocycles. The van der Waals surface area contributed by atoms with E-state index in [-0.39, 0.29) is 27.1 Å². The molecule has 0 heterocycles. The predicted molar refractivity (Wildman–Crippen MR) is 83.1 cm³/mol. The summed E-state index contributed by atoms with van der Waals surface area (Å²) in [6, 6.07) is 6.81. The summed E-state index contributed by atoms with van der Waals surface area (Å²) in [6.45, 7) is 1.63. The van der Waals surface area contributed by atoms with Crippen molar-refractivity contribution in [3.8, 4) is 0 Å². The van der Waals surface area contributed by atoms with Crippen molar-refractivity contribution in [3.63, 3.8) is 0 Å². The molecule has 0 aliphatic rings. The molecule has 112 valence electrons. The maximum Gasteiger partial charge on any atom is 0.142 e. The van der Waals surface area contributed by atoms with Crippen LogP contribution in [0, 0.1) is 11.6 Å². The van der Waals surface area contributed by atoms with Gasteiger partial charge in [0.2, 0.25) is 0 Å². The second kappa shape index (κ2) is 6.09. The fraction of sp³-hybridized carbons (Fsp3) is 0.200. The maximum atomic E-state index is 13.9. The van der Waals surface area contributed by atoms with Gasteiger partial charge in [-0.25, -0.2) is 8.78 Å². The van der Waals surface area contributed by atoms with Gasteiger partial charge in [0.25, 0.3) is 0 Å². The van der Waals surface area contributed by atoms with Crippen LogP contribution in [0.1, 0.15) is 18.1 Å². The van der Waals surface area contributed by atoms with E-state index in [1.165, 1.54) is 24.3 Å². The summed E-state index contributed by atoms with van der Waals surface area (Å²) in [4.78, 5) is 0. The molecule has 1 unspecified atom stereocenters. The minimum atomic E-state index is -1.10. The van der Waals surface area contributed by atoms with E-state index in [0.29, 0.717) is 5.56 Å². The van der Waals surface area contributed by atoms with Crippen LogP contribution in [0.15, 0.2) is 30.3 Å². The Balaban J connectivity index is 2.45. The lowest BCUT2D eigenvalue weighted by atomic mass is 9.86. The van der Waals surface area contributed by atoms with Crippen LogP contribution in [0.25, 0.3) is 0 Å². The Morgan fingerprint density at radius 2 is 1.67 bits per heavy atom. The average Bonchev–Trinajstić information content (AvgIpc) is 2.38. The number of hydrogen-bond acceptors (Lipinski definition) is 1. The van der Waals surface area contributed by atoms with Crippen LogP contribution in [0.5, 0.6) is 0 Å². The third-order valence-electron chi connectivity index (χ3n) is 3.23. The molecule has 1 nitrogen and oxygen atoms in total. The quantitative estimate of drug-likeness (QED) is 0.743. The second-order valence-corrected chi connectivity index (χ2v) is 6.26. The molecule has 2 rings (SSSR count). The summed E-state index contributed by atoms with van der Waals surface area (Å²) in [5.74, 6) is -1.10. The Bertz CT molecular complexity index is 667. The van der Waals surface area contributed by atoms with Gasteiger partial charge in [0, 0.05) is 21.1 Å². The molecule has 21 heavy (non-hydrogen) atoms. The first kappa shape index (κ1) is 16.5. The summed E-state index contributed by atoms with van der Waals surface area (Å²) in [5, 5.41) is 0.388. The molecule has 2 N–H and O–H groups in total. The van der Waals surface area contributed by atoms with Crippen LogP contribution in [-0.4, -0.2) is 0 Å². The normalized spacial score (nSPS) is 14.0. The van der Waals surface area contributed by atoms with E-state index in [4.69, 9.17) is 40.5 Å². The lowest BCUT2D eigenvalue weighted by Crippen LogP contribution is -2.36. The van der Waals surface area contributed by atoms with Crippen LogP contribution < -0.4 is 5.73 Å². The van der Waals surface area contributed by atoms with Gasteiger partial charge in [-0.3, -0.25) is 0 Å². The third kappa shape index (κ3) is 3.49. The van der Waals surface area contributed by atoms with Crippen molar-refractivity contribution in [2.24, 2.45) is 5.73 Å². The molecule has 0 radical (unpaired) electrons. The van der Waals surface area contributed by atoms with Gasteiger partial charge in [-0.2, -0.15) is 0 Å². The smallest absolute Gasteiger partial charge is 0.142 e. The molecule has 1 atom stereocenters. The Morgan fingerprint density at radius 3 is 2.29 bits per heavy atom. The highest BCUT2D eigenvalue weighted by Gasteiger charge is 2.28. The number of hydrogen-bond donors (Lipinski definition) is 1. The van der Waals surface area contributed by atoms with E-state index in [1.807, 2.05) is 0 Å². The maximum absolute atomic E-state index is 13.9. The van der Waals surface area contributed by atoms with E-state index in [2.05, 4.69) is 0 Å². The summed E-state index contributed by atoms with van der Waals surface area (Å²) in [7, 11) is 0. The molecule has 2 aromatic carbocycles. The Kier molecular flexibility index (Phi) is 4.79. The molecule has 0 amide bonds. The molecular formula is C15H12Cl3F2N. The lowest BCUT2D eigenvalue weighted by Gasteiger charge is -2.27. The van der Waals surface area contributed by atoms with E-state index < -0.39 is 17.2 Å². The van der Waals surface area contributed by atoms with Crippen LogP contribution in [0.3, 0.4) is 0 Å². The van der Waals surface area contributed by atoms with Gasteiger partial charge < -0.3 is 5.73 Å². The van der Waals surface area contributed by atoms with E-state index >= 15 is 0 Å². The molecule has 0 spiro atoms. The zero-order valence-electron chi connectivity index (χ0n) is 11.1. The van der Waals surface area contributed by atoms with Gasteiger partial charge in [-0.05, 0) is 43.2 Å². The van der Waals surface area contributed by atoms with Crippen molar-refractivity contribution in [2.75, 3.05) is 0 Å². The zero-order valence-corrected chi connectivity index (χ0v) is 13.3. The summed E-state index contributed by atoms with van der Waals surface area (Å²) >= 11 is 17.7. The summed E-state index contributed by atoms with van der Waals surface area (Å²) in [6.07, 6.45) is 0.0687. The van der Waals surface area contributed by atoms with Gasteiger partial charge in [-0.1, -0.05) is 40.9 Å². The van der Waals surface area contributed by atoms with Crippen molar-refractivity contribution >= 4 is 34.8 Å². The van der Waals surface area contributed by atoms with Crippen molar-refractivity contribution < 1.29 is 8.78 Å². The highest BCUT2D eigenvalue weighted by molar-refractivity contribution is 6.35. The van der Waals surface area contributed by atoms with Crippen molar-refractivity contribution in [1.29, 1.82) is 0 Å². The number of nitrogens with two attached hydrogens (primary N) is 1. The Hall–Kier alpha value is -0.870. The monoisotopic (exact) mass is 349 g/mol. The van der Waals surface area contributed by atoms with Gasteiger partial charge >= 0.3 is 0 Å². The standard InChI is InChI=1S/C15H12Cl3F2N/c1-15(21,7-8-10(16)3-2-4-13(8)19)9-5-14(20)12(18)6-11(9)17/h2-6H,7,21H2,1H3. The third-order valence-corrected chi connectivity index (χ3v) is 4.19. The van der Waals surface area contributed by atoms with E-state index in [1.54, 1.807) is 13.0 Å².